The van der Waals surface area contributed by atoms with Crippen LogP contribution in [0, 0.1) is 0 Å². The molecule has 1 aromatic rings. The Labute approximate surface area is 101 Å². The van der Waals surface area contributed by atoms with Crippen LogP contribution in [0.25, 0.3) is 0 Å². The summed E-state index contributed by atoms with van der Waals surface area (Å²) in [6, 6.07) is 5.05. The molecule has 1 atom stereocenters. The Morgan fingerprint density at radius 2 is 2.31 bits per heavy atom. The first-order chi connectivity index (χ1) is 7.70. The third kappa shape index (κ3) is 2.24. The molecular weight excluding hydrogens is 276 g/mol. The number of hydrogen-bond acceptors (Lipinski definition) is 4. The fourth-order valence-electron chi connectivity index (χ4n) is 1.46. The van der Waals surface area contributed by atoms with Crippen LogP contribution in [0.5, 0.6) is 5.75 Å². The first-order valence-corrected chi connectivity index (χ1v) is 5.58. The van der Waals surface area contributed by atoms with Crippen LogP contribution < -0.4 is 4.74 Å². The Morgan fingerprint density at radius 1 is 1.50 bits per heavy atom. The van der Waals surface area contributed by atoms with Crippen LogP contribution in [0.4, 0.5) is 0 Å². The highest BCUT2D eigenvalue weighted by Crippen LogP contribution is 2.24. The molecule has 0 N–H and O–H groups in total. The van der Waals surface area contributed by atoms with Crippen LogP contribution in [0.2, 0.25) is 0 Å². The minimum Gasteiger partial charge on any atom is -0.478 e. The Bertz CT molecular complexity index is 430. The third-order valence-electron chi connectivity index (χ3n) is 2.26. The lowest BCUT2D eigenvalue weighted by molar-refractivity contribution is -0.143. The molecule has 1 aromatic carbocycles. The number of ether oxygens (including phenoxy) is 2. The van der Waals surface area contributed by atoms with Gasteiger partial charge >= 0.3 is 5.97 Å². The molecule has 0 amide bonds. The summed E-state index contributed by atoms with van der Waals surface area (Å²) in [4.78, 5) is 22.0. The summed E-state index contributed by atoms with van der Waals surface area (Å²) < 4.78 is 11.0. The molecular formula is C11H9BrO4. The van der Waals surface area contributed by atoms with Gasteiger partial charge in [-0.05, 0) is 18.2 Å². The maximum Gasteiger partial charge on any atom is 0.347 e. The second kappa shape index (κ2) is 4.65. The van der Waals surface area contributed by atoms with E-state index in [0.29, 0.717) is 30.6 Å². The average Bonchev–Trinajstić information content (AvgIpc) is 2.67. The van der Waals surface area contributed by atoms with E-state index in [1.165, 1.54) is 0 Å². The lowest BCUT2D eigenvalue weighted by Gasteiger charge is -2.11. The van der Waals surface area contributed by atoms with Crippen LogP contribution in [0.3, 0.4) is 0 Å². The van der Waals surface area contributed by atoms with Gasteiger partial charge in [-0.25, -0.2) is 4.79 Å². The van der Waals surface area contributed by atoms with Gasteiger partial charge in [0.1, 0.15) is 5.75 Å². The lowest BCUT2D eigenvalue weighted by Crippen LogP contribution is -2.22. The standard InChI is InChI=1S/C11H9BrO4/c12-8-1-2-9(7(5-8)6-13)16-10-3-4-15-11(10)14/h1-2,5-6,10H,3-4H2. The van der Waals surface area contributed by atoms with E-state index in [0.717, 1.165) is 4.47 Å². The zero-order chi connectivity index (χ0) is 11.5. The van der Waals surface area contributed by atoms with Gasteiger partial charge in [0.05, 0.1) is 12.2 Å². The van der Waals surface area contributed by atoms with Crippen molar-refractivity contribution in [3.05, 3.63) is 28.2 Å². The highest BCUT2D eigenvalue weighted by Gasteiger charge is 2.28. The van der Waals surface area contributed by atoms with E-state index in [9.17, 15) is 9.59 Å². The van der Waals surface area contributed by atoms with Crippen molar-refractivity contribution in [3.8, 4) is 5.75 Å². The molecule has 16 heavy (non-hydrogen) atoms. The van der Waals surface area contributed by atoms with Gasteiger partial charge in [0.2, 0.25) is 0 Å². The highest BCUT2D eigenvalue weighted by molar-refractivity contribution is 9.10. The summed E-state index contributed by atoms with van der Waals surface area (Å²) in [6.45, 7) is 0.371. The Hall–Kier alpha value is -1.36. The smallest absolute Gasteiger partial charge is 0.347 e. The number of carbonyl (C=O) groups excluding carboxylic acids is 2. The fraction of sp³-hybridized carbons (Fsp3) is 0.273. The quantitative estimate of drug-likeness (QED) is 0.629. The minimum atomic E-state index is -0.597. The Kier molecular flexibility index (Phi) is 3.24. The molecule has 4 nitrogen and oxygen atoms in total. The van der Waals surface area contributed by atoms with Gasteiger partial charge in [-0.3, -0.25) is 4.79 Å². The van der Waals surface area contributed by atoms with Crippen molar-refractivity contribution >= 4 is 28.2 Å². The van der Waals surface area contributed by atoms with Gasteiger partial charge in [0.15, 0.2) is 12.4 Å². The molecule has 1 heterocycles. The molecule has 1 fully saturated rings. The van der Waals surface area contributed by atoms with Crippen molar-refractivity contribution in [1.82, 2.24) is 0 Å². The first kappa shape index (κ1) is 11.1. The molecule has 0 aromatic heterocycles. The molecule has 1 saturated heterocycles. The number of carbonyl (C=O) groups is 2. The van der Waals surface area contributed by atoms with Crippen molar-refractivity contribution in [1.29, 1.82) is 0 Å². The van der Waals surface area contributed by atoms with Gasteiger partial charge in [-0.15, -0.1) is 0 Å². The third-order valence-corrected chi connectivity index (χ3v) is 2.75. The van der Waals surface area contributed by atoms with E-state index in [1.807, 2.05) is 0 Å². The van der Waals surface area contributed by atoms with Gasteiger partial charge in [-0.2, -0.15) is 0 Å². The summed E-state index contributed by atoms with van der Waals surface area (Å²) in [5, 5.41) is 0. The summed E-state index contributed by atoms with van der Waals surface area (Å²) in [6.07, 6.45) is 0.619. The maximum absolute atomic E-state index is 11.2. The van der Waals surface area contributed by atoms with Crippen LogP contribution in [0.1, 0.15) is 16.8 Å². The molecule has 0 radical (unpaired) electrons. The zero-order valence-electron chi connectivity index (χ0n) is 8.31. The van der Waals surface area contributed by atoms with Crippen molar-refractivity contribution < 1.29 is 19.1 Å². The summed E-state index contributed by atoms with van der Waals surface area (Å²) in [5.41, 5.74) is 0.411. The number of benzene rings is 1. The fourth-order valence-corrected chi connectivity index (χ4v) is 1.84. The van der Waals surface area contributed by atoms with Crippen LogP contribution >= 0.6 is 15.9 Å². The normalized spacial score (nSPS) is 19.3. The lowest BCUT2D eigenvalue weighted by atomic mass is 10.2. The summed E-state index contributed by atoms with van der Waals surface area (Å²) in [7, 11) is 0. The maximum atomic E-state index is 11.2. The number of aldehydes is 1. The summed E-state index contributed by atoms with van der Waals surface area (Å²) in [5.74, 6) is 0.0295. The van der Waals surface area contributed by atoms with Gasteiger partial charge in [0, 0.05) is 10.9 Å². The average molecular weight is 285 g/mol. The minimum absolute atomic E-state index is 0.371. The van der Waals surface area contributed by atoms with Gasteiger partial charge < -0.3 is 9.47 Å². The summed E-state index contributed by atoms with van der Waals surface area (Å²) >= 11 is 3.26. The number of hydrogen-bond donors (Lipinski definition) is 0. The molecule has 5 heteroatoms. The predicted molar refractivity (Wildman–Crippen MR) is 59.5 cm³/mol. The SMILES string of the molecule is O=Cc1cc(Br)ccc1OC1CCOC1=O. The largest absolute Gasteiger partial charge is 0.478 e. The first-order valence-electron chi connectivity index (χ1n) is 4.79. The highest BCUT2D eigenvalue weighted by atomic mass is 79.9. The zero-order valence-corrected chi connectivity index (χ0v) is 9.90. The molecule has 0 bridgehead atoms. The van der Waals surface area contributed by atoms with Gasteiger partial charge in [0.25, 0.3) is 0 Å². The number of halogens is 1. The molecule has 0 aliphatic carbocycles. The number of cyclic esters (lactones) is 1. The second-order valence-electron chi connectivity index (χ2n) is 3.36. The topological polar surface area (TPSA) is 52.6 Å². The van der Waals surface area contributed by atoms with Gasteiger partial charge in [-0.1, -0.05) is 15.9 Å². The molecule has 0 saturated carbocycles. The predicted octanol–water partition coefficient (Wildman–Crippen LogP) is 1.96. The van der Waals surface area contributed by atoms with Crippen LogP contribution in [-0.4, -0.2) is 25.0 Å². The van der Waals surface area contributed by atoms with Crippen molar-refractivity contribution in [2.24, 2.45) is 0 Å². The number of rotatable bonds is 3. The van der Waals surface area contributed by atoms with E-state index in [-0.39, 0.29) is 5.97 Å². The Morgan fingerprint density at radius 3 is 2.94 bits per heavy atom. The molecule has 84 valence electrons. The van der Waals surface area contributed by atoms with Crippen molar-refractivity contribution in [3.63, 3.8) is 0 Å². The molecule has 1 unspecified atom stereocenters. The van der Waals surface area contributed by atoms with Crippen LogP contribution in [-0.2, 0) is 9.53 Å². The van der Waals surface area contributed by atoms with E-state index in [2.05, 4.69) is 15.9 Å². The molecule has 1 aliphatic rings. The Balaban J connectivity index is 2.20. The van der Waals surface area contributed by atoms with Crippen LogP contribution in [0.15, 0.2) is 22.7 Å². The molecule has 0 spiro atoms. The van der Waals surface area contributed by atoms with E-state index < -0.39 is 6.10 Å². The van der Waals surface area contributed by atoms with E-state index in [4.69, 9.17) is 9.47 Å². The monoisotopic (exact) mass is 284 g/mol. The van der Waals surface area contributed by atoms with Crippen molar-refractivity contribution in [2.45, 2.75) is 12.5 Å². The molecule has 2 rings (SSSR count). The second-order valence-corrected chi connectivity index (χ2v) is 4.28. The van der Waals surface area contributed by atoms with Crippen molar-refractivity contribution in [2.75, 3.05) is 6.61 Å². The molecule has 1 aliphatic heterocycles. The van der Waals surface area contributed by atoms with E-state index >= 15 is 0 Å². The van der Waals surface area contributed by atoms with E-state index in [1.54, 1.807) is 18.2 Å². The number of esters is 1.